The van der Waals surface area contributed by atoms with E-state index in [0.717, 1.165) is 22.2 Å². The van der Waals surface area contributed by atoms with Crippen LogP contribution < -0.4 is 5.32 Å². The number of benzene rings is 2. The quantitative estimate of drug-likeness (QED) is 0.450. The minimum Gasteiger partial charge on any atom is -0.505 e. The Bertz CT molecular complexity index is 1090. The van der Waals surface area contributed by atoms with E-state index >= 15 is 0 Å². The van der Waals surface area contributed by atoms with Crippen molar-refractivity contribution in [3.63, 3.8) is 0 Å². The molecule has 0 aliphatic carbocycles. The van der Waals surface area contributed by atoms with Crippen molar-refractivity contribution in [2.75, 3.05) is 27.9 Å². The highest BCUT2D eigenvalue weighted by molar-refractivity contribution is 6.60. The van der Waals surface area contributed by atoms with Gasteiger partial charge in [0.15, 0.2) is 0 Å². The van der Waals surface area contributed by atoms with Crippen molar-refractivity contribution in [2.45, 2.75) is 32.7 Å². The van der Waals surface area contributed by atoms with Gasteiger partial charge in [-0.25, -0.2) is 0 Å². The Morgan fingerprint density at radius 3 is 2.44 bits per heavy atom. The van der Waals surface area contributed by atoms with Crippen LogP contribution in [-0.2, 0) is 24.5 Å². The van der Waals surface area contributed by atoms with Crippen LogP contribution in [0, 0.1) is 13.8 Å². The van der Waals surface area contributed by atoms with E-state index in [1.165, 1.54) is 4.80 Å². The third-order valence-electron chi connectivity index (χ3n) is 5.42. The number of phenols is 1. The van der Waals surface area contributed by atoms with Crippen molar-refractivity contribution in [1.29, 1.82) is 0 Å². The highest BCUT2D eigenvalue weighted by atomic mass is 28.4. The summed E-state index contributed by atoms with van der Waals surface area (Å²) in [6.07, 6.45) is 0.820. The molecule has 32 heavy (non-hydrogen) atoms. The molecule has 9 nitrogen and oxygen atoms in total. The van der Waals surface area contributed by atoms with Gasteiger partial charge in [-0.05, 0) is 55.2 Å². The fraction of sp³-hybridized carbons (Fsp3) is 0.409. The Kier molecular flexibility index (Phi) is 7.62. The monoisotopic (exact) mass is 458 g/mol. The third-order valence-corrected chi connectivity index (χ3v) is 8.15. The minimum absolute atomic E-state index is 0.0816. The number of hydrogen-bond donors (Lipinski definition) is 2. The first kappa shape index (κ1) is 23.9. The number of hydrogen-bond acceptors (Lipinski definition) is 7. The summed E-state index contributed by atoms with van der Waals surface area (Å²) in [7, 11) is 1.93. The molecule has 2 N–H and O–H groups in total. The molecule has 0 aliphatic rings. The van der Waals surface area contributed by atoms with Gasteiger partial charge >= 0.3 is 8.80 Å². The van der Waals surface area contributed by atoms with Crippen molar-refractivity contribution in [1.82, 2.24) is 20.3 Å². The Morgan fingerprint density at radius 1 is 1.06 bits per heavy atom. The largest absolute Gasteiger partial charge is 0.505 e. The number of nitrogens with one attached hydrogen (secondary N) is 1. The van der Waals surface area contributed by atoms with Gasteiger partial charge in [-0.15, -0.1) is 15.0 Å². The molecular weight excluding hydrogens is 428 g/mol. The van der Waals surface area contributed by atoms with Crippen molar-refractivity contribution in [2.24, 2.45) is 0 Å². The maximum Gasteiger partial charge on any atom is 0.501 e. The normalized spacial score (nSPS) is 11.8. The summed E-state index contributed by atoms with van der Waals surface area (Å²) in [5.74, 6) is 0.0390. The van der Waals surface area contributed by atoms with E-state index in [4.69, 9.17) is 13.3 Å². The van der Waals surface area contributed by atoms with Gasteiger partial charge in [-0.1, -0.05) is 12.1 Å². The molecule has 10 heteroatoms. The molecule has 0 radical (unpaired) electrons. The maximum atomic E-state index is 12.3. The van der Waals surface area contributed by atoms with E-state index < -0.39 is 8.80 Å². The predicted molar refractivity (Wildman–Crippen MR) is 123 cm³/mol. The molecule has 172 valence electrons. The lowest BCUT2D eigenvalue weighted by atomic mass is 10.0. The van der Waals surface area contributed by atoms with Crippen LogP contribution in [0.1, 0.15) is 23.1 Å². The molecule has 0 saturated heterocycles. The Morgan fingerprint density at radius 2 is 1.75 bits per heavy atom. The zero-order valence-corrected chi connectivity index (χ0v) is 20.1. The molecule has 1 aromatic heterocycles. The third kappa shape index (κ3) is 5.33. The summed E-state index contributed by atoms with van der Waals surface area (Å²) in [4.78, 5) is 13.8. The maximum absolute atomic E-state index is 12.3. The highest BCUT2D eigenvalue weighted by Gasteiger charge is 2.37. The number of aromatic nitrogens is 3. The number of aryl methyl sites for hydroxylation is 3. The lowest BCUT2D eigenvalue weighted by Crippen LogP contribution is -2.45. The van der Waals surface area contributed by atoms with E-state index in [1.54, 1.807) is 21.3 Å². The van der Waals surface area contributed by atoms with Crippen molar-refractivity contribution in [3.8, 4) is 11.4 Å². The highest BCUT2D eigenvalue weighted by Crippen LogP contribution is 2.28. The van der Waals surface area contributed by atoms with Gasteiger partial charge in [-0.2, -0.15) is 0 Å². The Labute approximate surface area is 188 Å². The van der Waals surface area contributed by atoms with Gasteiger partial charge < -0.3 is 23.7 Å². The molecule has 1 amide bonds. The number of rotatable bonds is 10. The Hall–Kier alpha value is -2.79. The van der Waals surface area contributed by atoms with Crippen LogP contribution in [-0.4, -0.2) is 62.7 Å². The van der Waals surface area contributed by atoms with Crippen LogP contribution in [0.25, 0.3) is 16.7 Å². The van der Waals surface area contributed by atoms with E-state index in [-0.39, 0.29) is 11.7 Å². The average Bonchev–Trinajstić information content (AvgIpc) is 3.20. The fourth-order valence-electron chi connectivity index (χ4n) is 3.52. The molecule has 3 rings (SSSR count). The molecule has 0 unspecified atom stereocenters. The lowest BCUT2D eigenvalue weighted by molar-refractivity contribution is -0.120. The van der Waals surface area contributed by atoms with Crippen LogP contribution in [0.5, 0.6) is 5.75 Å². The van der Waals surface area contributed by atoms with Gasteiger partial charge in [0.2, 0.25) is 5.91 Å². The first-order chi connectivity index (χ1) is 15.3. The molecule has 1 heterocycles. The number of phenolic OH excluding ortho intramolecular Hbond substituents is 1. The number of fused-ring (bicyclic) bond motifs is 1. The predicted octanol–water partition coefficient (Wildman–Crippen LogP) is 2.67. The SMILES string of the molecule is CO[Si](CCNC(=O)CCc1cc(C)c(O)c(-n2nc3ccc(C)cc3n2)c1)(OC)OC. The minimum atomic E-state index is -2.71. The van der Waals surface area contributed by atoms with Crippen LogP contribution in [0.15, 0.2) is 30.3 Å². The summed E-state index contributed by atoms with van der Waals surface area (Å²) in [6, 6.07) is 10.0. The van der Waals surface area contributed by atoms with Gasteiger partial charge in [0.1, 0.15) is 22.5 Å². The summed E-state index contributed by atoms with van der Waals surface area (Å²) >= 11 is 0. The van der Waals surface area contributed by atoms with E-state index in [0.29, 0.717) is 36.7 Å². The fourth-order valence-corrected chi connectivity index (χ4v) is 5.06. The summed E-state index contributed by atoms with van der Waals surface area (Å²) in [5.41, 5.74) is 4.70. The molecule has 2 aromatic carbocycles. The number of amides is 1. The first-order valence-corrected chi connectivity index (χ1v) is 12.3. The van der Waals surface area contributed by atoms with E-state index in [2.05, 4.69) is 15.5 Å². The second-order valence-corrected chi connectivity index (χ2v) is 10.7. The molecule has 0 atom stereocenters. The number of nitrogens with zero attached hydrogens (tertiary/aromatic N) is 3. The number of carbonyl (C=O) groups is 1. The number of aromatic hydroxyl groups is 1. The summed E-state index contributed by atoms with van der Waals surface area (Å²) < 4.78 is 16.1. The average molecular weight is 459 g/mol. The second-order valence-electron chi connectivity index (χ2n) is 7.66. The molecular formula is C22H30N4O5Si. The standard InChI is InChI=1S/C22H30N4O5Si/c1-15-6-8-18-19(12-15)25-26(24-18)20-14-17(13-16(2)22(20)28)7-9-21(27)23-10-11-32(29-3,30-4)31-5/h6,8,12-14,28H,7,9-11H2,1-5H3,(H,23,27). The molecule has 0 fully saturated rings. The number of carbonyl (C=O) groups excluding carboxylic acids is 1. The van der Waals surface area contributed by atoms with Crippen molar-refractivity contribution in [3.05, 3.63) is 47.0 Å². The molecule has 3 aromatic rings. The topological polar surface area (TPSA) is 108 Å². The van der Waals surface area contributed by atoms with E-state index in [9.17, 15) is 9.90 Å². The van der Waals surface area contributed by atoms with Crippen LogP contribution >= 0.6 is 0 Å². The van der Waals surface area contributed by atoms with Gasteiger partial charge in [0, 0.05) is 40.3 Å². The lowest BCUT2D eigenvalue weighted by Gasteiger charge is -2.24. The Balaban J connectivity index is 1.67. The first-order valence-electron chi connectivity index (χ1n) is 10.4. The van der Waals surface area contributed by atoms with Gasteiger partial charge in [0.05, 0.1) is 0 Å². The summed E-state index contributed by atoms with van der Waals surface area (Å²) in [6.45, 7) is 4.22. The van der Waals surface area contributed by atoms with Crippen molar-refractivity contribution < 1.29 is 23.2 Å². The second kappa shape index (κ2) is 10.2. The zero-order chi connectivity index (χ0) is 23.3. The zero-order valence-electron chi connectivity index (χ0n) is 19.1. The van der Waals surface area contributed by atoms with Crippen molar-refractivity contribution >= 4 is 25.7 Å². The molecule has 0 bridgehead atoms. The van der Waals surface area contributed by atoms with Crippen LogP contribution in [0.3, 0.4) is 0 Å². The van der Waals surface area contributed by atoms with Gasteiger partial charge in [-0.3, -0.25) is 4.79 Å². The van der Waals surface area contributed by atoms with Crippen LogP contribution in [0.2, 0.25) is 6.04 Å². The van der Waals surface area contributed by atoms with E-state index in [1.807, 2.05) is 44.2 Å². The molecule has 0 spiro atoms. The smallest absolute Gasteiger partial charge is 0.501 e. The van der Waals surface area contributed by atoms with Gasteiger partial charge in [0.25, 0.3) is 0 Å². The molecule has 0 saturated carbocycles. The molecule has 0 aliphatic heterocycles. The van der Waals surface area contributed by atoms with Crippen LogP contribution in [0.4, 0.5) is 0 Å². The summed E-state index contributed by atoms with van der Waals surface area (Å²) in [5, 5.41) is 22.5.